The fourth-order valence-electron chi connectivity index (χ4n) is 9.74. The zero-order valence-corrected chi connectivity index (χ0v) is 50.0. The number of ether oxygens (including phenoxy) is 7. The normalized spacial score (nSPS) is 15.3. The van der Waals surface area contributed by atoms with E-state index in [-0.39, 0.29) is 23.9 Å². The van der Waals surface area contributed by atoms with E-state index in [9.17, 15) is 9.59 Å². The molecule has 2 aliphatic rings. The molecule has 2 aliphatic heterocycles. The number of nitrogens with one attached hydrogen (secondary N) is 4. The average Bonchev–Trinajstić information content (AvgIpc) is 4.28. The third kappa shape index (κ3) is 20.3. The van der Waals surface area contributed by atoms with Crippen LogP contribution in [0.25, 0.3) is 22.5 Å². The topological polar surface area (TPSA) is 215 Å². The summed E-state index contributed by atoms with van der Waals surface area (Å²) in [6.45, 7) is 11.2. The van der Waals surface area contributed by atoms with Gasteiger partial charge in [0.05, 0.1) is 118 Å². The summed E-state index contributed by atoms with van der Waals surface area (Å²) < 4.78 is 42.8. The van der Waals surface area contributed by atoms with Crippen LogP contribution in [0.2, 0.25) is 20.1 Å². The SMILES string of the molecule is CN1Cc2c(Cl)cc(Cl)cc2[C@H](c2cccc(-c3cn(CCOCCOCCOCCNC(=O)NCCOCCNC(=O)NCCOCCOCCOCCn4cc(-c5cccc([C@@H]6CN(C)Cc7c(Cl)cc(Cl)cc76)c5)nn4)nn3)c2)C1. The molecule has 2 atom stereocenters. The molecule has 4 N–H and O–H groups in total. The van der Waals surface area contributed by atoms with Crippen LogP contribution < -0.4 is 21.3 Å². The summed E-state index contributed by atoms with van der Waals surface area (Å²) in [7, 11) is 4.20. The monoisotopic (exact) mass is 1220 g/mol. The van der Waals surface area contributed by atoms with Crippen molar-refractivity contribution in [2.45, 2.75) is 38.0 Å². The van der Waals surface area contributed by atoms with Crippen molar-refractivity contribution in [3.05, 3.63) is 139 Å². The predicted molar refractivity (Wildman–Crippen MR) is 319 cm³/mol. The highest BCUT2D eigenvalue weighted by Gasteiger charge is 2.29. The third-order valence-corrected chi connectivity index (χ3v) is 14.9. The van der Waals surface area contributed by atoms with Gasteiger partial charge in [-0.2, -0.15) is 0 Å². The largest absolute Gasteiger partial charge is 0.378 e. The van der Waals surface area contributed by atoms with Gasteiger partial charge in [-0.25, -0.2) is 19.0 Å². The highest BCUT2D eigenvalue weighted by Crippen LogP contribution is 2.41. The van der Waals surface area contributed by atoms with Crippen LogP contribution in [-0.4, -0.2) is 198 Å². The standard InChI is InChI=1S/C58H74Cl4N12O9/c1-71-35-49(47-31-45(59)33-53(61)51(47)37-71)41-5-3-7-43(29-41)55-39-73(69-67-55)13-19-80-23-27-82-25-21-78-17-11-65-57(75)63-9-15-77-16-10-64-58(76)66-12-18-79-22-26-83-28-24-81-20-14-74-40-56(68-70-74)44-8-4-6-42(30-44)50-36-72(2)38-52-48(50)32-46(60)34-54(52)62/h3-8,29-34,39-40,49-50H,9-28,35-38H2,1-2H3,(H2,63,65,75)(H2,64,66,76)/t49-,50-/m0/s1. The maximum Gasteiger partial charge on any atom is 0.314 e. The van der Waals surface area contributed by atoms with E-state index in [0.717, 1.165) is 70.9 Å². The summed E-state index contributed by atoms with van der Waals surface area (Å²) in [5.74, 6) is 0.264. The zero-order chi connectivity index (χ0) is 58.2. The number of benzene rings is 4. The van der Waals surface area contributed by atoms with E-state index in [1.165, 1.54) is 11.1 Å². The Bertz CT molecular complexity index is 2800. The number of halogens is 4. The molecule has 0 unspecified atom stereocenters. The molecular weight excluding hydrogens is 1150 g/mol. The van der Waals surface area contributed by atoms with Crippen LogP contribution in [0.15, 0.2) is 85.2 Å². The number of fused-ring (bicyclic) bond motifs is 2. The number of hydrogen-bond donors (Lipinski definition) is 4. The average molecular weight is 1230 g/mol. The van der Waals surface area contributed by atoms with Crippen LogP contribution in [0.1, 0.15) is 45.2 Å². The molecule has 0 fully saturated rings. The second-order valence-electron chi connectivity index (χ2n) is 20.0. The summed E-state index contributed by atoms with van der Waals surface area (Å²) in [6.07, 6.45) is 3.85. The lowest BCUT2D eigenvalue weighted by Gasteiger charge is -2.33. The first-order valence-electron chi connectivity index (χ1n) is 27.9. The smallest absolute Gasteiger partial charge is 0.314 e. The molecule has 2 aromatic heterocycles. The van der Waals surface area contributed by atoms with Crippen LogP contribution in [0.5, 0.6) is 0 Å². The number of amides is 4. The predicted octanol–water partition coefficient (Wildman–Crippen LogP) is 7.39. The Balaban J connectivity index is 0.544. The van der Waals surface area contributed by atoms with E-state index < -0.39 is 0 Å². The van der Waals surface area contributed by atoms with Gasteiger partial charge >= 0.3 is 12.1 Å². The molecule has 6 aromatic rings. The molecule has 0 radical (unpaired) electrons. The third-order valence-electron chi connectivity index (χ3n) is 13.8. The number of hydrogen-bond acceptors (Lipinski definition) is 15. The van der Waals surface area contributed by atoms with Crippen molar-refractivity contribution < 1.29 is 42.7 Å². The van der Waals surface area contributed by atoms with E-state index >= 15 is 0 Å². The van der Waals surface area contributed by atoms with Gasteiger partial charge in [-0.15, -0.1) is 10.2 Å². The van der Waals surface area contributed by atoms with Crippen LogP contribution >= 0.6 is 46.4 Å². The highest BCUT2D eigenvalue weighted by molar-refractivity contribution is 6.35. The number of carbonyl (C=O) groups excluding carboxylic acids is 2. The Labute approximate surface area is 504 Å². The number of aromatic nitrogens is 6. The number of nitrogens with zero attached hydrogens (tertiary/aromatic N) is 8. The first kappa shape index (κ1) is 63.5. The molecule has 8 rings (SSSR count). The van der Waals surface area contributed by atoms with Crippen molar-refractivity contribution in [2.24, 2.45) is 0 Å². The van der Waals surface area contributed by atoms with Crippen molar-refractivity contribution in [2.75, 3.05) is 146 Å². The van der Waals surface area contributed by atoms with Gasteiger partial charge in [0.25, 0.3) is 0 Å². The fourth-order valence-corrected chi connectivity index (χ4v) is 10.9. The van der Waals surface area contributed by atoms with Crippen LogP contribution in [0, 0.1) is 0 Å². The van der Waals surface area contributed by atoms with Gasteiger partial charge in [0.1, 0.15) is 11.4 Å². The molecule has 21 nitrogen and oxygen atoms in total. The lowest BCUT2D eigenvalue weighted by Crippen LogP contribution is -2.40. The Kier molecular flexibility index (Phi) is 25.9. The van der Waals surface area contributed by atoms with Gasteiger partial charge in [0.15, 0.2) is 0 Å². The van der Waals surface area contributed by atoms with Crippen molar-refractivity contribution in [3.8, 4) is 22.5 Å². The molecule has 25 heteroatoms. The molecule has 0 aliphatic carbocycles. The highest BCUT2D eigenvalue weighted by atomic mass is 35.5. The number of likely N-dealkylation sites (N-methyl/N-ethyl adjacent to an activating group) is 2. The summed E-state index contributed by atoms with van der Waals surface area (Å²) in [4.78, 5) is 28.7. The first-order valence-corrected chi connectivity index (χ1v) is 29.4. The zero-order valence-electron chi connectivity index (χ0n) is 47.0. The maximum atomic E-state index is 12.1. The molecule has 4 heterocycles. The lowest BCUT2D eigenvalue weighted by atomic mass is 9.84. The van der Waals surface area contributed by atoms with Gasteiger partial charge in [-0.3, -0.25) is 0 Å². The molecular formula is C58H74Cl4N12O9. The summed E-state index contributed by atoms with van der Waals surface area (Å²) in [6, 6.07) is 23.8. The minimum absolute atomic E-state index is 0.132. The van der Waals surface area contributed by atoms with Crippen LogP contribution in [-0.2, 0) is 59.3 Å². The van der Waals surface area contributed by atoms with Gasteiger partial charge in [0, 0.05) is 95.4 Å². The number of urea groups is 2. The Hall–Kier alpha value is -5.50. The van der Waals surface area contributed by atoms with Crippen molar-refractivity contribution >= 4 is 58.5 Å². The Morgan fingerprint density at radius 2 is 0.831 bits per heavy atom. The summed E-state index contributed by atoms with van der Waals surface area (Å²) in [5, 5.41) is 31.0. The second kappa shape index (κ2) is 33.9. The molecule has 0 saturated carbocycles. The van der Waals surface area contributed by atoms with Crippen LogP contribution in [0.4, 0.5) is 9.59 Å². The first-order chi connectivity index (χ1) is 40.5. The number of carbonyl (C=O) groups is 2. The molecule has 0 bridgehead atoms. The molecule has 4 amide bonds. The second-order valence-corrected chi connectivity index (χ2v) is 21.7. The molecule has 4 aromatic carbocycles. The van der Waals surface area contributed by atoms with Gasteiger partial charge < -0.3 is 64.2 Å². The van der Waals surface area contributed by atoms with E-state index in [4.69, 9.17) is 79.6 Å². The van der Waals surface area contributed by atoms with Crippen molar-refractivity contribution in [1.29, 1.82) is 0 Å². The van der Waals surface area contributed by atoms with Gasteiger partial charge in [-0.05, 0) is 83.9 Å². The summed E-state index contributed by atoms with van der Waals surface area (Å²) in [5.41, 5.74) is 10.4. The van der Waals surface area contributed by atoms with Crippen molar-refractivity contribution in [1.82, 2.24) is 61.1 Å². The van der Waals surface area contributed by atoms with Gasteiger partial charge in [0.2, 0.25) is 0 Å². The van der Waals surface area contributed by atoms with E-state index in [1.807, 2.05) is 60.9 Å². The quantitative estimate of drug-likeness (QED) is 0.0290. The Morgan fingerprint density at radius 1 is 0.482 bits per heavy atom. The molecule has 0 saturated heterocycles. The van der Waals surface area contributed by atoms with Gasteiger partial charge in [-0.1, -0.05) is 93.2 Å². The maximum absolute atomic E-state index is 12.1. The molecule has 0 spiro atoms. The minimum atomic E-state index is -0.327. The van der Waals surface area contributed by atoms with E-state index in [0.29, 0.717) is 152 Å². The Morgan fingerprint density at radius 3 is 1.22 bits per heavy atom. The summed E-state index contributed by atoms with van der Waals surface area (Å²) >= 11 is 26.0. The fraction of sp³-hybridized carbons (Fsp3) is 0.483. The minimum Gasteiger partial charge on any atom is -0.378 e. The molecule has 448 valence electrons. The van der Waals surface area contributed by atoms with Crippen molar-refractivity contribution in [3.63, 3.8) is 0 Å². The lowest BCUT2D eigenvalue weighted by molar-refractivity contribution is 0.0135. The van der Waals surface area contributed by atoms with E-state index in [1.54, 1.807) is 9.36 Å². The van der Waals surface area contributed by atoms with Crippen LogP contribution in [0.3, 0.4) is 0 Å². The molecule has 83 heavy (non-hydrogen) atoms. The van der Waals surface area contributed by atoms with E-state index in [2.05, 4.69) is 90.1 Å². The number of rotatable bonds is 34.